The van der Waals surface area contributed by atoms with Crippen molar-refractivity contribution in [3.8, 4) is 0 Å². The Morgan fingerprint density at radius 3 is 2.59 bits per heavy atom. The Kier molecular flexibility index (Phi) is 3.24. The molecule has 1 aromatic heterocycles. The molecule has 1 aliphatic rings. The van der Waals surface area contributed by atoms with Crippen molar-refractivity contribution >= 4 is 5.91 Å². The second kappa shape index (κ2) is 4.53. The largest absolute Gasteiger partial charge is 0.455 e. The van der Waals surface area contributed by atoms with Crippen LogP contribution in [-0.4, -0.2) is 23.9 Å². The number of nitrogens with two attached hydrogens (primary N) is 1. The summed E-state index contributed by atoms with van der Waals surface area (Å²) >= 11 is 0. The van der Waals surface area contributed by atoms with Crippen LogP contribution in [0.4, 0.5) is 0 Å². The topological polar surface area (TPSA) is 59.5 Å². The molecular formula is C13H20N2O2. The fraction of sp³-hybridized carbons (Fsp3) is 0.615. The predicted octanol–water partition coefficient (Wildman–Crippen LogP) is 2.00. The molecule has 0 spiro atoms. The van der Waals surface area contributed by atoms with Gasteiger partial charge in [-0.1, -0.05) is 13.8 Å². The molecular weight excluding hydrogens is 216 g/mol. The van der Waals surface area contributed by atoms with E-state index in [-0.39, 0.29) is 5.91 Å². The number of furan rings is 1. The Labute approximate surface area is 102 Å². The number of piperidine rings is 1. The van der Waals surface area contributed by atoms with E-state index in [1.807, 2.05) is 4.90 Å². The predicted molar refractivity (Wildman–Crippen MR) is 65.5 cm³/mol. The van der Waals surface area contributed by atoms with Gasteiger partial charge in [-0.05, 0) is 30.4 Å². The van der Waals surface area contributed by atoms with Crippen LogP contribution < -0.4 is 5.73 Å². The van der Waals surface area contributed by atoms with Crippen molar-refractivity contribution in [1.29, 1.82) is 0 Å². The van der Waals surface area contributed by atoms with Crippen molar-refractivity contribution in [2.45, 2.75) is 33.2 Å². The van der Waals surface area contributed by atoms with Gasteiger partial charge in [0.05, 0.1) is 6.54 Å². The van der Waals surface area contributed by atoms with Crippen LogP contribution in [0.15, 0.2) is 16.5 Å². The number of nitrogens with zero attached hydrogens (tertiary/aromatic N) is 1. The van der Waals surface area contributed by atoms with Crippen molar-refractivity contribution in [2.75, 3.05) is 13.1 Å². The highest BCUT2D eigenvalue weighted by molar-refractivity contribution is 5.91. The number of hydrogen-bond acceptors (Lipinski definition) is 3. The lowest BCUT2D eigenvalue weighted by atomic mass is 9.82. The average molecular weight is 236 g/mol. The summed E-state index contributed by atoms with van der Waals surface area (Å²) in [6, 6.07) is 3.48. The minimum absolute atomic E-state index is 0.0137. The first kappa shape index (κ1) is 12.2. The summed E-state index contributed by atoms with van der Waals surface area (Å²) in [5, 5.41) is 0. The summed E-state index contributed by atoms with van der Waals surface area (Å²) in [7, 11) is 0. The molecule has 1 aromatic rings. The molecule has 2 heterocycles. The van der Waals surface area contributed by atoms with Gasteiger partial charge in [-0.2, -0.15) is 0 Å². The smallest absolute Gasteiger partial charge is 0.289 e. The average Bonchev–Trinajstić information content (AvgIpc) is 2.76. The monoisotopic (exact) mass is 236 g/mol. The molecule has 17 heavy (non-hydrogen) atoms. The van der Waals surface area contributed by atoms with Crippen LogP contribution in [-0.2, 0) is 6.54 Å². The van der Waals surface area contributed by atoms with E-state index in [2.05, 4.69) is 13.8 Å². The molecule has 0 bridgehead atoms. The zero-order chi connectivity index (χ0) is 12.5. The lowest BCUT2D eigenvalue weighted by Crippen LogP contribution is -2.41. The highest BCUT2D eigenvalue weighted by atomic mass is 16.4. The molecule has 2 N–H and O–H groups in total. The van der Waals surface area contributed by atoms with E-state index >= 15 is 0 Å². The molecule has 1 saturated heterocycles. The summed E-state index contributed by atoms with van der Waals surface area (Å²) in [6.07, 6.45) is 2.09. The molecule has 0 atom stereocenters. The Morgan fingerprint density at radius 1 is 1.41 bits per heavy atom. The first-order valence-corrected chi connectivity index (χ1v) is 6.10. The fourth-order valence-corrected chi connectivity index (χ4v) is 2.07. The quantitative estimate of drug-likeness (QED) is 0.854. The van der Waals surface area contributed by atoms with E-state index in [0.29, 0.717) is 23.5 Å². The molecule has 1 amide bonds. The molecule has 1 fully saturated rings. The Balaban J connectivity index is 2.01. The molecule has 0 aliphatic carbocycles. The molecule has 0 unspecified atom stereocenters. The maximum Gasteiger partial charge on any atom is 0.289 e. The molecule has 94 valence electrons. The molecule has 2 rings (SSSR count). The summed E-state index contributed by atoms with van der Waals surface area (Å²) in [5.41, 5.74) is 5.81. The van der Waals surface area contributed by atoms with Gasteiger partial charge >= 0.3 is 0 Å². The van der Waals surface area contributed by atoms with Gasteiger partial charge in [0.2, 0.25) is 0 Å². The number of likely N-dealkylation sites (tertiary alicyclic amines) is 1. The van der Waals surface area contributed by atoms with Crippen LogP contribution in [0.1, 0.15) is 43.0 Å². The van der Waals surface area contributed by atoms with E-state index < -0.39 is 0 Å². The maximum atomic E-state index is 12.1. The lowest BCUT2D eigenvalue weighted by Gasteiger charge is -2.36. The summed E-state index contributed by atoms with van der Waals surface area (Å²) in [6.45, 7) is 6.44. The number of carbonyl (C=O) groups is 1. The second-order valence-corrected chi connectivity index (χ2v) is 5.43. The van der Waals surface area contributed by atoms with Gasteiger partial charge in [0, 0.05) is 13.1 Å². The Hall–Kier alpha value is -1.29. The summed E-state index contributed by atoms with van der Waals surface area (Å²) in [4.78, 5) is 14.0. The minimum atomic E-state index is -0.0137. The third-order valence-corrected chi connectivity index (χ3v) is 3.48. The minimum Gasteiger partial charge on any atom is -0.455 e. The highest BCUT2D eigenvalue weighted by Gasteiger charge is 2.29. The number of hydrogen-bond donors (Lipinski definition) is 1. The van der Waals surface area contributed by atoms with Gasteiger partial charge in [0.25, 0.3) is 5.91 Å². The molecule has 0 aromatic carbocycles. The number of carbonyl (C=O) groups excluding carboxylic acids is 1. The summed E-state index contributed by atoms with van der Waals surface area (Å²) in [5.74, 6) is 1.05. The van der Waals surface area contributed by atoms with Crippen LogP contribution in [0.25, 0.3) is 0 Å². The molecule has 4 nitrogen and oxygen atoms in total. The first-order chi connectivity index (χ1) is 8.02. The van der Waals surface area contributed by atoms with Crippen LogP contribution in [0.2, 0.25) is 0 Å². The molecule has 4 heteroatoms. The Morgan fingerprint density at radius 2 is 2.06 bits per heavy atom. The fourth-order valence-electron chi connectivity index (χ4n) is 2.07. The van der Waals surface area contributed by atoms with E-state index in [1.54, 1.807) is 12.1 Å². The first-order valence-electron chi connectivity index (χ1n) is 6.10. The van der Waals surface area contributed by atoms with Crippen LogP contribution >= 0.6 is 0 Å². The van der Waals surface area contributed by atoms with Gasteiger partial charge in [0.1, 0.15) is 5.76 Å². The van der Waals surface area contributed by atoms with Crippen molar-refractivity contribution in [2.24, 2.45) is 11.1 Å². The maximum absolute atomic E-state index is 12.1. The van der Waals surface area contributed by atoms with E-state index in [0.717, 1.165) is 25.9 Å². The third-order valence-electron chi connectivity index (χ3n) is 3.48. The van der Waals surface area contributed by atoms with Crippen molar-refractivity contribution < 1.29 is 9.21 Å². The number of amides is 1. The van der Waals surface area contributed by atoms with Gasteiger partial charge in [0.15, 0.2) is 5.76 Å². The normalized spacial score (nSPS) is 19.4. The van der Waals surface area contributed by atoms with Gasteiger partial charge < -0.3 is 15.1 Å². The standard InChI is InChI=1S/C13H20N2O2/c1-13(2)5-7-15(8-6-13)12(16)11-4-3-10(9-14)17-11/h3-4H,5-9,14H2,1-2H3. The van der Waals surface area contributed by atoms with Crippen molar-refractivity contribution in [3.63, 3.8) is 0 Å². The van der Waals surface area contributed by atoms with Gasteiger partial charge in [-0.25, -0.2) is 0 Å². The van der Waals surface area contributed by atoms with E-state index in [9.17, 15) is 4.79 Å². The van der Waals surface area contributed by atoms with Crippen molar-refractivity contribution in [1.82, 2.24) is 4.90 Å². The van der Waals surface area contributed by atoms with E-state index in [1.165, 1.54) is 0 Å². The zero-order valence-corrected chi connectivity index (χ0v) is 10.5. The van der Waals surface area contributed by atoms with Gasteiger partial charge in [-0.15, -0.1) is 0 Å². The Bertz CT molecular complexity index is 399. The SMILES string of the molecule is CC1(C)CCN(C(=O)c2ccc(CN)o2)CC1. The second-order valence-electron chi connectivity index (χ2n) is 5.43. The van der Waals surface area contributed by atoms with E-state index in [4.69, 9.17) is 10.2 Å². The lowest BCUT2D eigenvalue weighted by molar-refractivity contribution is 0.0597. The number of rotatable bonds is 2. The summed E-state index contributed by atoms with van der Waals surface area (Å²) < 4.78 is 5.38. The third kappa shape index (κ3) is 2.69. The zero-order valence-electron chi connectivity index (χ0n) is 10.5. The van der Waals surface area contributed by atoms with Crippen molar-refractivity contribution in [3.05, 3.63) is 23.7 Å². The highest BCUT2D eigenvalue weighted by Crippen LogP contribution is 2.30. The van der Waals surface area contributed by atoms with Crippen LogP contribution in [0, 0.1) is 5.41 Å². The molecule has 0 radical (unpaired) electrons. The van der Waals surface area contributed by atoms with Crippen LogP contribution in [0.5, 0.6) is 0 Å². The molecule has 0 saturated carbocycles. The van der Waals surface area contributed by atoms with Gasteiger partial charge in [-0.3, -0.25) is 4.79 Å². The van der Waals surface area contributed by atoms with Crippen LogP contribution in [0.3, 0.4) is 0 Å². The molecule has 1 aliphatic heterocycles.